The summed E-state index contributed by atoms with van der Waals surface area (Å²) in [6.07, 6.45) is 4.86. The van der Waals surface area contributed by atoms with Gasteiger partial charge in [0.2, 0.25) is 5.89 Å². The number of nitrogens with zero attached hydrogens (tertiary/aromatic N) is 3. The lowest BCUT2D eigenvalue weighted by atomic mass is 10.2. The molecule has 1 aromatic carbocycles. The third kappa shape index (κ3) is 4.63. The van der Waals surface area contributed by atoms with Crippen LogP contribution in [0.2, 0.25) is 0 Å². The van der Waals surface area contributed by atoms with Crippen molar-refractivity contribution >= 4 is 5.91 Å². The second kappa shape index (κ2) is 8.04. The number of hydrogen-bond donors (Lipinski definition) is 1. The third-order valence-electron chi connectivity index (χ3n) is 4.88. The van der Waals surface area contributed by atoms with Crippen LogP contribution in [0.3, 0.4) is 0 Å². The molecule has 2 heterocycles. The smallest absolute Gasteiger partial charge is 0.292 e. The number of aromatic nitrogens is 2. The maximum atomic E-state index is 12.9. The Hall–Kier alpha value is -2.48. The van der Waals surface area contributed by atoms with E-state index in [0.29, 0.717) is 18.2 Å². The van der Waals surface area contributed by atoms with E-state index in [4.69, 9.17) is 9.26 Å². The Kier molecular flexibility index (Phi) is 5.33. The molecule has 2 aliphatic rings. The number of halogens is 1. The Morgan fingerprint density at radius 2 is 2.11 bits per heavy atom. The monoisotopic (exact) mass is 374 g/mol. The molecule has 0 bridgehead atoms. The molecule has 7 nitrogen and oxygen atoms in total. The van der Waals surface area contributed by atoms with Gasteiger partial charge in [0.15, 0.2) is 0 Å². The van der Waals surface area contributed by atoms with Gasteiger partial charge >= 0.3 is 0 Å². The summed E-state index contributed by atoms with van der Waals surface area (Å²) >= 11 is 0. The van der Waals surface area contributed by atoms with E-state index in [9.17, 15) is 9.18 Å². The summed E-state index contributed by atoms with van der Waals surface area (Å²) < 4.78 is 23.9. The van der Waals surface area contributed by atoms with E-state index < -0.39 is 0 Å². The maximum absolute atomic E-state index is 12.9. The zero-order valence-corrected chi connectivity index (χ0v) is 15.1. The number of amides is 1. The van der Waals surface area contributed by atoms with Crippen LogP contribution in [0.4, 0.5) is 4.39 Å². The fraction of sp³-hybridized carbons (Fsp3) is 0.526. The number of nitrogens with one attached hydrogen (secondary N) is 1. The lowest BCUT2D eigenvalue weighted by Crippen LogP contribution is -2.27. The zero-order valence-electron chi connectivity index (χ0n) is 15.1. The molecule has 27 heavy (non-hydrogen) atoms. The molecule has 1 N–H and O–H groups in total. The minimum Gasteiger partial charge on any atom is -0.494 e. The average molecular weight is 374 g/mol. The van der Waals surface area contributed by atoms with Crippen molar-refractivity contribution < 1.29 is 18.4 Å². The van der Waals surface area contributed by atoms with Crippen molar-refractivity contribution in [2.24, 2.45) is 0 Å². The number of likely N-dealkylation sites (tertiary alicyclic amines) is 1. The lowest BCUT2D eigenvalue weighted by molar-refractivity contribution is 0.0937. The first-order valence-corrected chi connectivity index (χ1v) is 9.46. The first-order valence-electron chi connectivity index (χ1n) is 9.46. The molecule has 2 aromatic rings. The second-order valence-corrected chi connectivity index (χ2v) is 7.05. The molecule has 1 aliphatic carbocycles. The van der Waals surface area contributed by atoms with Gasteiger partial charge in [-0.3, -0.25) is 9.69 Å². The highest BCUT2D eigenvalue weighted by Gasteiger charge is 2.32. The predicted molar refractivity (Wildman–Crippen MR) is 94.8 cm³/mol. The summed E-state index contributed by atoms with van der Waals surface area (Å²) in [4.78, 5) is 18.6. The maximum Gasteiger partial charge on any atom is 0.292 e. The topological polar surface area (TPSA) is 80.5 Å². The van der Waals surface area contributed by atoms with Gasteiger partial charge in [-0.15, -0.1) is 0 Å². The Morgan fingerprint density at radius 3 is 2.89 bits per heavy atom. The van der Waals surface area contributed by atoms with Gasteiger partial charge in [0.25, 0.3) is 11.7 Å². The van der Waals surface area contributed by atoms with Crippen LogP contribution in [0.1, 0.15) is 54.7 Å². The van der Waals surface area contributed by atoms with Gasteiger partial charge in [0.1, 0.15) is 11.6 Å². The van der Waals surface area contributed by atoms with Crippen molar-refractivity contribution in [2.45, 2.75) is 44.2 Å². The highest BCUT2D eigenvalue weighted by atomic mass is 19.1. The van der Waals surface area contributed by atoms with E-state index in [1.54, 1.807) is 12.1 Å². The number of carbonyl (C=O) groups excluding carboxylic acids is 1. The fourth-order valence-corrected chi connectivity index (χ4v) is 3.30. The van der Waals surface area contributed by atoms with Crippen LogP contribution >= 0.6 is 0 Å². The molecule has 0 spiro atoms. The molecule has 2 fully saturated rings. The van der Waals surface area contributed by atoms with Crippen LogP contribution in [-0.2, 0) is 0 Å². The van der Waals surface area contributed by atoms with Crippen molar-refractivity contribution in [3.63, 3.8) is 0 Å². The minimum absolute atomic E-state index is 0.0470. The summed E-state index contributed by atoms with van der Waals surface area (Å²) in [6.45, 7) is 2.33. The van der Waals surface area contributed by atoms with Gasteiger partial charge in [-0.25, -0.2) is 4.39 Å². The largest absolute Gasteiger partial charge is 0.494 e. The predicted octanol–water partition coefficient (Wildman–Crippen LogP) is 2.71. The van der Waals surface area contributed by atoms with Gasteiger partial charge in [-0.2, -0.15) is 4.98 Å². The van der Waals surface area contributed by atoms with E-state index in [2.05, 4.69) is 20.4 Å². The summed E-state index contributed by atoms with van der Waals surface area (Å²) in [7, 11) is 0. The molecule has 8 heteroatoms. The highest BCUT2D eigenvalue weighted by molar-refractivity contribution is 5.90. The van der Waals surface area contributed by atoms with Crippen LogP contribution < -0.4 is 10.1 Å². The molecule has 1 amide bonds. The highest BCUT2D eigenvalue weighted by Crippen LogP contribution is 2.31. The third-order valence-corrected chi connectivity index (χ3v) is 4.88. The number of ether oxygens (including phenoxy) is 1. The standard InChI is InChI=1S/C19H23FN4O3/c20-13-4-8-15(9-5-13)26-12-2-11-24-10-1-3-16(24)19-22-17(23-27-19)18(25)21-14-6-7-14/h4-5,8-9,14,16H,1-3,6-7,10-12H2,(H,21,25)/t16-/m1/s1. The van der Waals surface area contributed by atoms with Crippen LogP contribution in [0.5, 0.6) is 5.75 Å². The average Bonchev–Trinajstić information content (AvgIpc) is 3.16. The lowest BCUT2D eigenvalue weighted by Gasteiger charge is -2.21. The molecular weight excluding hydrogens is 351 g/mol. The number of rotatable bonds is 8. The van der Waals surface area contributed by atoms with Crippen LogP contribution in [-0.4, -0.2) is 46.7 Å². The SMILES string of the molecule is O=C(NC1CC1)c1noc([C@H]2CCCN2CCCOc2ccc(F)cc2)n1. The molecule has 1 aliphatic heterocycles. The van der Waals surface area contributed by atoms with Crippen molar-refractivity contribution in [3.8, 4) is 5.75 Å². The summed E-state index contributed by atoms with van der Waals surface area (Å²) in [6, 6.07) is 6.34. The van der Waals surface area contributed by atoms with Crippen LogP contribution in [0, 0.1) is 5.82 Å². The number of benzene rings is 1. The number of hydrogen-bond acceptors (Lipinski definition) is 6. The molecule has 0 unspecified atom stereocenters. The van der Waals surface area contributed by atoms with Crippen molar-refractivity contribution in [1.82, 2.24) is 20.4 Å². The van der Waals surface area contributed by atoms with E-state index in [1.807, 2.05) is 0 Å². The minimum atomic E-state index is -0.271. The number of carbonyl (C=O) groups is 1. The molecule has 1 saturated carbocycles. The first-order chi connectivity index (χ1) is 13.2. The molecule has 1 saturated heterocycles. The quantitative estimate of drug-likeness (QED) is 0.716. The van der Waals surface area contributed by atoms with Crippen LogP contribution in [0.25, 0.3) is 0 Å². The van der Waals surface area contributed by atoms with E-state index in [-0.39, 0.29) is 29.6 Å². The molecular formula is C19H23FN4O3. The first kappa shape index (κ1) is 17.9. The van der Waals surface area contributed by atoms with Crippen LogP contribution in [0.15, 0.2) is 28.8 Å². The summed E-state index contributed by atoms with van der Waals surface area (Å²) in [5.74, 6) is 0.755. The van der Waals surface area contributed by atoms with Gasteiger partial charge < -0.3 is 14.6 Å². The van der Waals surface area contributed by atoms with E-state index >= 15 is 0 Å². The molecule has 144 valence electrons. The van der Waals surface area contributed by atoms with Gasteiger partial charge in [0, 0.05) is 12.6 Å². The van der Waals surface area contributed by atoms with Crippen molar-refractivity contribution in [1.29, 1.82) is 0 Å². The Morgan fingerprint density at radius 1 is 1.30 bits per heavy atom. The fourth-order valence-electron chi connectivity index (χ4n) is 3.30. The van der Waals surface area contributed by atoms with Crippen molar-refractivity contribution in [3.05, 3.63) is 41.8 Å². The molecule has 0 radical (unpaired) electrons. The zero-order chi connectivity index (χ0) is 18.6. The summed E-state index contributed by atoms with van der Waals surface area (Å²) in [5.41, 5.74) is 0. The Labute approximate surface area is 156 Å². The normalized spacial score (nSPS) is 20.0. The van der Waals surface area contributed by atoms with E-state index in [0.717, 1.165) is 45.2 Å². The summed E-state index contributed by atoms with van der Waals surface area (Å²) in [5, 5.41) is 6.71. The second-order valence-electron chi connectivity index (χ2n) is 7.05. The van der Waals surface area contributed by atoms with Crippen molar-refractivity contribution in [2.75, 3.05) is 19.7 Å². The van der Waals surface area contributed by atoms with Gasteiger partial charge in [-0.1, -0.05) is 5.16 Å². The molecule has 4 rings (SSSR count). The Balaban J connectivity index is 1.26. The van der Waals surface area contributed by atoms with Gasteiger partial charge in [-0.05, 0) is 62.9 Å². The van der Waals surface area contributed by atoms with E-state index in [1.165, 1.54) is 12.1 Å². The molecule has 1 atom stereocenters. The van der Waals surface area contributed by atoms with Gasteiger partial charge in [0.05, 0.1) is 12.6 Å². The molecule has 1 aromatic heterocycles. The Bertz CT molecular complexity index is 776.